The van der Waals surface area contributed by atoms with Gasteiger partial charge in [-0.15, -0.1) is 6.58 Å². The predicted molar refractivity (Wildman–Crippen MR) is 95.6 cm³/mol. The van der Waals surface area contributed by atoms with E-state index in [9.17, 15) is 26.0 Å². The average Bonchev–Trinajstić information content (AvgIpc) is 2.92. The van der Waals surface area contributed by atoms with Gasteiger partial charge < -0.3 is 4.90 Å². The number of sulfonamides is 1. The van der Waals surface area contributed by atoms with Crippen LogP contribution < -0.4 is 4.72 Å². The smallest absolute Gasteiger partial charge is 0.257 e. The normalized spacial score (nSPS) is 19.2. The van der Waals surface area contributed by atoms with Crippen molar-refractivity contribution in [3.8, 4) is 0 Å². The molecule has 10 heteroatoms. The molecule has 0 saturated carbocycles. The van der Waals surface area contributed by atoms with Crippen molar-refractivity contribution in [1.82, 2.24) is 9.62 Å². The lowest BCUT2D eigenvalue weighted by Gasteiger charge is -2.27. The third-order valence-corrected chi connectivity index (χ3v) is 7.34. The average molecular weight is 404 g/mol. The van der Waals surface area contributed by atoms with Gasteiger partial charge in [-0.2, -0.15) is 0 Å². The molecule has 26 heavy (non-hydrogen) atoms. The topological polar surface area (TPSA) is 101 Å². The Balaban J connectivity index is 2.41. The zero-order valence-electron chi connectivity index (χ0n) is 14.3. The molecule has 1 N–H and O–H groups in total. The van der Waals surface area contributed by atoms with Crippen molar-refractivity contribution in [2.75, 3.05) is 24.6 Å². The van der Waals surface area contributed by atoms with Crippen molar-refractivity contribution in [3.05, 3.63) is 42.2 Å². The number of rotatable bonds is 7. The second-order valence-corrected chi connectivity index (χ2v) is 9.94. The summed E-state index contributed by atoms with van der Waals surface area (Å²) in [5.74, 6) is -1.89. The summed E-state index contributed by atoms with van der Waals surface area (Å²) < 4.78 is 64.1. The van der Waals surface area contributed by atoms with E-state index in [-0.39, 0.29) is 35.9 Å². The Morgan fingerprint density at radius 1 is 1.46 bits per heavy atom. The van der Waals surface area contributed by atoms with Gasteiger partial charge in [-0.3, -0.25) is 4.79 Å². The van der Waals surface area contributed by atoms with Gasteiger partial charge in [-0.05, 0) is 24.6 Å². The molecule has 1 amide bonds. The minimum atomic E-state index is -3.86. The zero-order chi connectivity index (χ0) is 19.5. The van der Waals surface area contributed by atoms with Crippen LogP contribution in [0.5, 0.6) is 0 Å². The Hall–Kier alpha value is -1.78. The lowest BCUT2D eigenvalue weighted by Crippen LogP contribution is -2.41. The van der Waals surface area contributed by atoms with Crippen LogP contribution in [0.1, 0.15) is 23.7 Å². The fourth-order valence-electron chi connectivity index (χ4n) is 2.82. The summed E-state index contributed by atoms with van der Waals surface area (Å²) in [6.07, 6.45) is 1.67. The molecule has 0 spiro atoms. The number of benzene rings is 1. The summed E-state index contributed by atoms with van der Waals surface area (Å²) in [5, 5.41) is 0. The summed E-state index contributed by atoms with van der Waals surface area (Å²) in [7, 11) is -7.11. The molecule has 1 aliphatic rings. The van der Waals surface area contributed by atoms with Crippen LogP contribution in [0, 0.1) is 5.82 Å². The number of hydrogen-bond acceptors (Lipinski definition) is 5. The summed E-state index contributed by atoms with van der Waals surface area (Å²) in [5.41, 5.74) is -0.421. The lowest BCUT2D eigenvalue weighted by molar-refractivity contribution is 0.0715. The summed E-state index contributed by atoms with van der Waals surface area (Å²) in [4.78, 5) is 13.8. The maximum Gasteiger partial charge on any atom is 0.257 e. The molecule has 144 valence electrons. The van der Waals surface area contributed by atoms with Crippen LogP contribution in [0.25, 0.3) is 0 Å². The van der Waals surface area contributed by atoms with E-state index in [0.29, 0.717) is 0 Å². The van der Waals surface area contributed by atoms with Gasteiger partial charge in [-0.25, -0.2) is 25.9 Å². The molecular weight excluding hydrogens is 383 g/mol. The van der Waals surface area contributed by atoms with Gasteiger partial charge in [-0.1, -0.05) is 13.0 Å². The SMILES string of the molecule is C=CCN(C(=O)c1cc(S(=O)(=O)NCC)ccc1F)C1CCS(=O)(=O)C1. The number of hydrogen-bond donors (Lipinski definition) is 1. The largest absolute Gasteiger partial charge is 0.331 e. The van der Waals surface area contributed by atoms with Crippen molar-refractivity contribution in [3.63, 3.8) is 0 Å². The van der Waals surface area contributed by atoms with E-state index in [4.69, 9.17) is 0 Å². The molecule has 0 aliphatic carbocycles. The molecule has 1 atom stereocenters. The minimum absolute atomic E-state index is 0.0304. The first-order valence-electron chi connectivity index (χ1n) is 8.03. The molecule has 2 rings (SSSR count). The Labute approximate surface area is 152 Å². The first kappa shape index (κ1) is 20.5. The van der Waals surface area contributed by atoms with Crippen molar-refractivity contribution >= 4 is 25.8 Å². The van der Waals surface area contributed by atoms with Gasteiger partial charge in [0.1, 0.15) is 5.82 Å². The van der Waals surface area contributed by atoms with E-state index in [1.165, 1.54) is 11.0 Å². The maximum absolute atomic E-state index is 14.2. The molecule has 0 bridgehead atoms. The molecule has 1 fully saturated rings. The molecule has 1 heterocycles. The molecule has 1 unspecified atom stereocenters. The highest BCUT2D eigenvalue weighted by Gasteiger charge is 2.35. The van der Waals surface area contributed by atoms with Crippen LogP contribution >= 0.6 is 0 Å². The Morgan fingerprint density at radius 3 is 2.69 bits per heavy atom. The van der Waals surface area contributed by atoms with Crippen LogP contribution in [0.2, 0.25) is 0 Å². The Bertz CT molecular complexity index is 913. The van der Waals surface area contributed by atoms with E-state index in [0.717, 1.165) is 18.2 Å². The standard InChI is InChI=1S/C16H21FN2O5S2/c1-3-8-19(12-7-9-25(21,22)11-12)16(20)14-10-13(5-6-15(14)17)26(23,24)18-4-2/h3,5-6,10,12,18H,1,4,7-9,11H2,2H3. The van der Waals surface area contributed by atoms with Gasteiger partial charge in [0.05, 0.1) is 22.0 Å². The number of carbonyl (C=O) groups is 1. The molecule has 1 aliphatic heterocycles. The van der Waals surface area contributed by atoms with Gasteiger partial charge >= 0.3 is 0 Å². The Morgan fingerprint density at radius 2 is 2.15 bits per heavy atom. The monoisotopic (exact) mass is 404 g/mol. The molecule has 1 aromatic carbocycles. The van der Waals surface area contributed by atoms with Crippen molar-refractivity contribution in [2.24, 2.45) is 0 Å². The first-order chi connectivity index (χ1) is 12.1. The third kappa shape index (κ3) is 4.49. The summed E-state index contributed by atoms with van der Waals surface area (Å²) in [6, 6.07) is 2.35. The van der Waals surface area contributed by atoms with Crippen molar-refractivity contribution in [1.29, 1.82) is 0 Å². The molecule has 1 aromatic rings. The van der Waals surface area contributed by atoms with Crippen LogP contribution in [0.15, 0.2) is 35.7 Å². The third-order valence-electron chi connectivity index (χ3n) is 4.05. The van der Waals surface area contributed by atoms with Gasteiger partial charge in [0.2, 0.25) is 10.0 Å². The Kier molecular flexibility index (Phi) is 6.20. The lowest BCUT2D eigenvalue weighted by atomic mass is 10.1. The molecule has 7 nitrogen and oxygen atoms in total. The van der Waals surface area contributed by atoms with Gasteiger partial charge in [0.25, 0.3) is 5.91 Å². The van der Waals surface area contributed by atoms with E-state index >= 15 is 0 Å². The highest BCUT2D eigenvalue weighted by Crippen LogP contribution is 2.22. The van der Waals surface area contributed by atoms with E-state index in [2.05, 4.69) is 11.3 Å². The molecule has 0 radical (unpaired) electrons. The molecular formula is C16H21FN2O5S2. The van der Waals surface area contributed by atoms with E-state index in [1.54, 1.807) is 6.92 Å². The van der Waals surface area contributed by atoms with Crippen LogP contribution in [0.4, 0.5) is 4.39 Å². The highest BCUT2D eigenvalue weighted by atomic mass is 32.2. The first-order valence-corrected chi connectivity index (χ1v) is 11.3. The number of carbonyl (C=O) groups excluding carboxylic acids is 1. The molecule has 1 saturated heterocycles. The second-order valence-electron chi connectivity index (χ2n) is 5.95. The number of amides is 1. The quantitative estimate of drug-likeness (QED) is 0.682. The highest BCUT2D eigenvalue weighted by molar-refractivity contribution is 7.91. The maximum atomic E-state index is 14.2. The zero-order valence-corrected chi connectivity index (χ0v) is 15.9. The summed E-state index contributed by atoms with van der Waals surface area (Å²) in [6.45, 7) is 5.32. The van der Waals surface area contributed by atoms with Crippen LogP contribution in [0.3, 0.4) is 0 Å². The fourth-order valence-corrected chi connectivity index (χ4v) is 5.62. The number of nitrogens with one attached hydrogen (secondary N) is 1. The van der Waals surface area contributed by atoms with Gasteiger partial charge in [0.15, 0.2) is 9.84 Å². The van der Waals surface area contributed by atoms with Crippen LogP contribution in [-0.2, 0) is 19.9 Å². The van der Waals surface area contributed by atoms with Gasteiger partial charge in [0, 0.05) is 19.1 Å². The number of nitrogens with zero attached hydrogens (tertiary/aromatic N) is 1. The van der Waals surface area contributed by atoms with E-state index < -0.39 is 43.2 Å². The number of sulfone groups is 1. The predicted octanol–water partition coefficient (Wildman–Crippen LogP) is 0.939. The second kappa shape index (κ2) is 7.85. The molecule has 0 aromatic heterocycles. The van der Waals surface area contributed by atoms with Crippen molar-refractivity contribution < 1.29 is 26.0 Å². The number of halogens is 1. The van der Waals surface area contributed by atoms with Crippen molar-refractivity contribution in [2.45, 2.75) is 24.3 Å². The summed E-state index contributed by atoms with van der Waals surface area (Å²) >= 11 is 0. The minimum Gasteiger partial charge on any atom is -0.331 e. The van der Waals surface area contributed by atoms with Crippen LogP contribution in [-0.4, -0.2) is 58.3 Å². The fraction of sp³-hybridized carbons (Fsp3) is 0.438. The van der Waals surface area contributed by atoms with E-state index in [1.807, 2.05) is 0 Å².